The number of allylic oxidation sites excluding steroid dienone is 1. The summed E-state index contributed by atoms with van der Waals surface area (Å²) in [6, 6.07) is 0. The van der Waals surface area contributed by atoms with Crippen molar-refractivity contribution in [2.24, 2.45) is 0 Å². The minimum Gasteiger partial charge on any atom is -0.226 e. The first-order valence-corrected chi connectivity index (χ1v) is 3.90. The minimum absolute atomic E-state index is 3.18. The van der Waals surface area contributed by atoms with Crippen molar-refractivity contribution in [1.82, 2.24) is 0 Å². The van der Waals surface area contributed by atoms with Gasteiger partial charge in [-0.15, -0.1) is 0 Å². The highest BCUT2D eigenvalue weighted by Crippen LogP contribution is 2.52. The molecule has 0 saturated carbocycles. The molecule has 0 amide bonds. The maximum absolute atomic E-state index is 13.0. The molecule has 0 heterocycles. The van der Waals surface area contributed by atoms with Gasteiger partial charge >= 0.3 is 18.2 Å². The van der Waals surface area contributed by atoms with Gasteiger partial charge in [0.25, 0.3) is 5.67 Å². The molecule has 18 heavy (non-hydrogen) atoms. The molecule has 108 valence electrons. The SMILES string of the molecule is FC(F)=C(F)C(F)(F)C(F)(CC(F)F)C(F)(F)F. The lowest BCUT2D eigenvalue weighted by molar-refractivity contribution is -0.305. The third-order valence-electron chi connectivity index (χ3n) is 1.82. The Morgan fingerprint density at radius 2 is 1.22 bits per heavy atom. The molecule has 0 aliphatic heterocycles. The quantitative estimate of drug-likeness (QED) is 0.664. The van der Waals surface area contributed by atoms with E-state index in [1.807, 2.05) is 0 Å². The van der Waals surface area contributed by atoms with Crippen LogP contribution in [0.4, 0.5) is 48.3 Å². The summed E-state index contributed by atoms with van der Waals surface area (Å²) in [7, 11) is 0. The monoisotopic (exact) mass is 296 g/mol. The Morgan fingerprint density at radius 1 is 0.833 bits per heavy atom. The molecule has 0 N–H and O–H groups in total. The predicted octanol–water partition coefficient (Wildman–Crippen LogP) is 4.63. The Kier molecular flexibility index (Phi) is 4.64. The molecular formula is C7H3F11. The smallest absolute Gasteiger partial charge is 0.226 e. The van der Waals surface area contributed by atoms with E-state index < -0.39 is 42.5 Å². The predicted molar refractivity (Wildman–Crippen MR) is 35.8 cm³/mol. The Morgan fingerprint density at radius 3 is 1.44 bits per heavy atom. The molecule has 11 heteroatoms. The first-order chi connectivity index (χ1) is 7.77. The first kappa shape index (κ1) is 17.0. The van der Waals surface area contributed by atoms with E-state index in [0.29, 0.717) is 0 Å². The third kappa shape index (κ3) is 2.86. The highest BCUT2D eigenvalue weighted by molar-refractivity contribution is 5.16. The summed E-state index contributed by atoms with van der Waals surface area (Å²) < 4.78 is 133. The van der Waals surface area contributed by atoms with Crippen LogP contribution in [0.25, 0.3) is 0 Å². The highest BCUT2D eigenvalue weighted by Gasteiger charge is 2.74. The van der Waals surface area contributed by atoms with Gasteiger partial charge in [0, 0.05) is 0 Å². The van der Waals surface area contributed by atoms with E-state index in [1.54, 1.807) is 0 Å². The molecule has 0 saturated heterocycles. The largest absolute Gasteiger partial charge is 0.429 e. The van der Waals surface area contributed by atoms with Gasteiger partial charge in [-0.3, -0.25) is 0 Å². The van der Waals surface area contributed by atoms with Crippen LogP contribution in [-0.2, 0) is 0 Å². The molecule has 1 unspecified atom stereocenters. The van der Waals surface area contributed by atoms with Gasteiger partial charge < -0.3 is 0 Å². The maximum atomic E-state index is 13.0. The molecule has 0 nitrogen and oxygen atoms in total. The van der Waals surface area contributed by atoms with Gasteiger partial charge in [0.1, 0.15) is 0 Å². The van der Waals surface area contributed by atoms with Crippen LogP contribution in [0.2, 0.25) is 0 Å². The van der Waals surface area contributed by atoms with E-state index in [-0.39, 0.29) is 0 Å². The maximum Gasteiger partial charge on any atom is 0.429 e. The molecule has 0 aliphatic rings. The zero-order valence-electron chi connectivity index (χ0n) is 7.94. The van der Waals surface area contributed by atoms with E-state index in [2.05, 4.69) is 0 Å². The summed E-state index contributed by atoms with van der Waals surface area (Å²) in [6.45, 7) is 0. The fraction of sp³-hybridized carbons (Fsp3) is 0.714. The van der Waals surface area contributed by atoms with E-state index in [0.717, 1.165) is 0 Å². The van der Waals surface area contributed by atoms with Gasteiger partial charge in [-0.25, -0.2) is 13.2 Å². The van der Waals surface area contributed by atoms with Crippen molar-refractivity contribution in [3.63, 3.8) is 0 Å². The lowest BCUT2D eigenvalue weighted by atomic mass is 9.92. The molecule has 0 radical (unpaired) electrons. The van der Waals surface area contributed by atoms with E-state index in [1.165, 1.54) is 0 Å². The molecular weight excluding hydrogens is 293 g/mol. The van der Waals surface area contributed by atoms with Crippen LogP contribution in [0.3, 0.4) is 0 Å². The molecule has 0 rings (SSSR count). The second-order valence-corrected chi connectivity index (χ2v) is 3.04. The van der Waals surface area contributed by atoms with Crippen LogP contribution in [0, 0.1) is 0 Å². The summed E-state index contributed by atoms with van der Waals surface area (Å²) >= 11 is 0. The Bertz CT molecular complexity index is 323. The fourth-order valence-electron chi connectivity index (χ4n) is 0.927. The standard InChI is InChI=1S/C7H3F11/c8-2(9)1-5(13,7(16,17)18)6(14,15)3(10)4(11)12/h2H,1H2. The topological polar surface area (TPSA) is 0 Å². The lowest BCUT2D eigenvalue weighted by Gasteiger charge is -2.33. The molecule has 1 atom stereocenters. The zero-order valence-corrected chi connectivity index (χ0v) is 7.94. The molecule has 0 bridgehead atoms. The number of alkyl halides is 8. The minimum atomic E-state index is -6.67. The summed E-state index contributed by atoms with van der Waals surface area (Å²) in [5.41, 5.74) is -6.14. The van der Waals surface area contributed by atoms with Gasteiger partial charge in [0.05, 0.1) is 6.42 Å². The summed E-state index contributed by atoms with van der Waals surface area (Å²) in [5.74, 6) is -10.5. The van der Waals surface area contributed by atoms with Crippen molar-refractivity contribution in [2.45, 2.75) is 30.6 Å². The second-order valence-electron chi connectivity index (χ2n) is 3.04. The molecule has 0 spiro atoms. The number of halogens is 11. The van der Waals surface area contributed by atoms with Crippen molar-refractivity contribution in [3.05, 3.63) is 11.9 Å². The van der Waals surface area contributed by atoms with E-state index >= 15 is 0 Å². The van der Waals surface area contributed by atoms with Crippen molar-refractivity contribution in [2.75, 3.05) is 0 Å². The Labute approximate surface area is 92.1 Å². The zero-order chi connectivity index (χ0) is 14.9. The van der Waals surface area contributed by atoms with Gasteiger partial charge in [-0.05, 0) is 0 Å². The number of hydrogen-bond acceptors (Lipinski definition) is 0. The fourth-order valence-corrected chi connectivity index (χ4v) is 0.927. The molecule has 0 aromatic heterocycles. The van der Waals surface area contributed by atoms with Crippen LogP contribution in [0.5, 0.6) is 0 Å². The van der Waals surface area contributed by atoms with E-state index in [4.69, 9.17) is 0 Å². The Balaban J connectivity index is 5.82. The van der Waals surface area contributed by atoms with Crippen molar-refractivity contribution in [3.8, 4) is 0 Å². The second kappa shape index (κ2) is 4.92. The molecule has 0 aromatic rings. The van der Waals surface area contributed by atoms with Crippen molar-refractivity contribution in [1.29, 1.82) is 0 Å². The first-order valence-electron chi connectivity index (χ1n) is 3.90. The third-order valence-corrected chi connectivity index (χ3v) is 1.82. The average molecular weight is 296 g/mol. The van der Waals surface area contributed by atoms with Crippen molar-refractivity contribution >= 4 is 0 Å². The average Bonchev–Trinajstić information content (AvgIpc) is 2.12. The van der Waals surface area contributed by atoms with Crippen LogP contribution < -0.4 is 0 Å². The van der Waals surface area contributed by atoms with E-state index in [9.17, 15) is 48.3 Å². The summed E-state index contributed by atoms with van der Waals surface area (Å²) in [6.07, 6.45) is -18.0. The summed E-state index contributed by atoms with van der Waals surface area (Å²) in [5, 5.41) is 0. The molecule has 0 aliphatic carbocycles. The van der Waals surface area contributed by atoms with Crippen LogP contribution >= 0.6 is 0 Å². The molecule has 0 aromatic carbocycles. The van der Waals surface area contributed by atoms with Gasteiger partial charge in [0.2, 0.25) is 12.3 Å². The summed E-state index contributed by atoms with van der Waals surface area (Å²) in [4.78, 5) is 0. The van der Waals surface area contributed by atoms with Gasteiger partial charge in [-0.1, -0.05) is 0 Å². The van der Waals surface area contributed by atoms with Crippen LogP contribution in [-0.4, -0.2) is 24.2 Å². The van der Waals surface area contributed by atoms with Gasteiger partial charge in [-0.2, -0.15) is 35.1 Å². The van der Waals surface area contributed by atoms with Crippen molar-refractivity contribution < 1.29 is 48.3 Å². The van der Waals surface area contributed by atoms with Crippen LogP contribution in [0.15, 0.2) is 11.9 Å². The lowest BCUT2D eigenvalue weighted by Crippen LogP contribution is -2.56. The number of hydrogen-bond donors (Lipinski definition) is 0. The highest BCUT2D eigenvalue weighted by atomic mass is 19.4. The van der Waals surface area contributed by atoms with Crippen LogP contribution in [0.1, 0.15) is 6.42 Å². The normalized spacial score (nSPS) is 16.7. The Hall–Kier alpha value is -1.03. The van der Waals surface area contributed by atoms with Gasteiger partial charge in [0.15, 0.2) is 0 Å². The molecule has 0 fully saturated rings. The number of rotatable bonds is 4.